The zero-order valence-electron chi connectivity index (χ0n) is 10.8. The van der Waals surface area contributed by atoms with Crippen LogP contribution in [0, 0.1) is 0 Å². The Hall–Kier alpha value is -1.10. The van der Waals surface area contributed by atoms with Gasteiger partial charge in [0.25, 0.3) is 0 Å². The highest BCUT2D eigenvalue weighted by Gasteiger charge is 2.18. The molecule has 17 heavy (non-hydrogen) atoms. The number of amides is 1. The second-order valence-corrected chi connectivity index (χ2v) is 4.42. The van der Waals surface area contributed by atoms with Crippen molar-refractivity contribution in [3.05, 3.63) is 0 Å². The van der Waals surface area contributed by atoms with Gasteiger partial charge in [0.05, 0.1) is 6.04 Å². The fourth-order valence-electron chi connectivity index (χ4n) is 1.78. The van der Waals surface area contributed by atoms with Crippen LogP contribution in [0.3, 0.4) is 0 Å². The van der Waals surface area contributed by atoms with Gasteiger partial charge in [0.2, 0.25) is 0 Å². The summed E-state index contributed by atoms with van der Waals surface area (Å²) in [4.78, 5) is 22.6. The van der Waals surface area contributed by atoms with Gasteiger partial charge in [-0.25, -0.2) is 4.79 Å². The topological polar surface area (TPSA) is 83.6 Å². The Morgan fingerprint density at radius 2 is 1.94 bits per heavy atom. The van der Waals surface area contributed by atoms with Crippen LogP contribution in [0.4, 0.5) is 4.79 Å². The van der Waals surface area contributed by atoms with Crippen molar-refractivity contribution < 1.29 is 14.7 Å². The van der Waals surface area contributed by atoms with Crippen molar-refractivity contribution in [2.45, 2.75) is 57.5 Å². The molecule has 0 heterocycles. The summed E-state index contributed by atoms with van der Waals surface area (Å²) in [5.41, 5.74) is 5.50. The molecule has 100 valence electrons. The Kier molecular flexibility index (Phi) is 8.40. The normalized spacial score (nSPS) is 14.1. The molecule has 0 fully saturated rings. The van der Waals surface area contributed by atoms with Crippen molar-refractivity contribution in [3.8, 4) is 0 Å². The summed E-state index contributed by atoms with van der Waals surface area (Å²) in [7, 11) is 1.60. The van der Waals surface area contributed by atoms with Gasteiger partial charge < -0.3 is 20.5 Å². The van der Waals surface area contributed by atoms with E-state index in [1.165, 1.54) is 4.90 Å². The van der Waals surface area contributed by atoms with Crippen LogP contribution in [0.1, 0.15) is 45.4 Å². The molecule has 0 aromatic heterocycles. The second kappa shape index (κ2) is 8.98. The van der Waals surface area contributed by atoms with E-state index >= 15 is 0 Å². The van der Waals surface area contributed by atoms with Gasteiger partial charge in [-0.3, -0.25) is 0 Å². The molecule has 1 amide bonds. The molecule has 0 spiro atoms. The van der Waals surface area contributed by atoms with Crippen molar-refractivity contribution >= 4 is 12.4 Å². The number of aldehydes is 1. The van der Waals surface area contributed by atoms with E-state index in [1.54, 1.807) is 7.05 Å². The first kappa shape index (κ1) is 15.9. The molecule has 5 nitrogen and oxygen atoms in total. The standard InChI is InChI=1S/C12H24N2O3/c1-3-4-7-11(14(2)12(16)17)8-5-6-10(13)9-15/h9-11H,3-8,13H2,1-2H3,(H,16,17)/t10-,11?/m0/s1. The fourth-order valence-corrected chi connectivity index (χ4v) is 1.78. The van der Waals surface area contributed by atoms with E-state index in [0.29, 0.717) is 6.42 Å². The lowest BCUT2D eigenvalue weighted by Gasteiger charge is -2.25. The lowest BCUT2D eigenvalue weighted by atomic mass is 10.0. The third-order valence-electron chi connectivity index (χ3n) is 2.99. The summed E-state index contributed by atoms with van der Waals surface area (Å²) in [5.74, 6) is 0. The predicted molar refractivity (Wildman–Crippen MR) is 67.0 cm³/mol. The van der Waals surface area contributed by atoms with Gasteiger partial charge in [0.15, 0.2) is 0 Å². The monoisotopic (exact) mass is 244 g/mol. The molecule has 0 radical (unpaired) electrons. The first-order valence-corrected chi connectivity index (χ1v) is 6.19. The SMILES string of the molecule is CCCCC(CCC[C@H](N)C=O)N(C)C(=O)O. The summed E-state index contributed by atoms with van der Waals surface area (Å²) in [6.07, 6.45) is 4.96. The molecule has 1 unspecified atom stereocenters. The molecule has 0 saturated heterocycles. The number of nitrogens with zero attached hydrogens (tertiary/aromatic N) is 1. The second-order valence-electron chi connectivity index (χ2n) is 4.42. The minimum absolute atomic E-state index is 0.0336. The van der Waals surface area contributed by atoms with E-state index in [-0.39, 0.29) is 6.04 Å². The number of rotatable bonds is 9. The molecule has 0 bridgehead atoms. The predicted octanol–water partition coefficient (Wildman–Crippen LogP) is 1.85. The highest BCUT2D eigenvalue weighted by molar-refractivity contribution is 5.64. The molecular formula is C12H24N2O3. The molecule has 3 N–H and O–H groups in total. The fraction of sp³-hybridized carbons (Fsp3) is 0.833. The summed E-state index contributed by atoms with van der Waals surface area (Å²) in [6.45, 7) is 2.08. The van der Waals surface area contributed by atoms with Gasteiger partial charge in [-0.05, 0) is 25.7 Å². The molecule has 0 aliphatic heterocycles. The number of carboxylic acid groups (broad SMARTS) is 1. The van der Waals surface area contributed by atoms with Crippen molar-refractivity contribution in [2.75, 3.05) is 7.05 Å². The Morgan fingerprint density at radius 1 is 1.35 bits per heavy atom. The Labute approximate surface area is 103 Å². The van der Waals surface area contributed by atoms with Crippen LogP contribution in [-0.4, -0.2) is 41.5 Å². The van der Waals surface area contributed by atoms with Gasteiger partial charge in [0.1, 0.15) is 6.29 Å². The maximum Gasteiger partial charge on any atom is 0.407 e. The Morgan fingerprint density at radius 3 is 2.41 bits per heavy atom. The van der Waals surface area contributed by atoms with Gasteiger partial charge in [-0.1, -0.05) is 19.8 Å². The Bertz CT molecular complexity index is 234. The maximum absolute atomic E-state index is 10.9. The number of carbonyl (C=O) groups is 2. The third-order valence-corrected chi connectivity index (χ3v) is 2.99. The van der Waals surface area contributed by atoms with Crippen LogP contribution in [0.25, 0.3) is 0 Å². The van der Waals surface area contributed by atoms with Crippen LogP contribution < -0.4 is 5.73 Å². The van der Waals surface area contributed by atoms with Crippen LogP contribution in [-0.2, 0) is 4.79 Å². The number of hydrogen-bond acceptors (Lipinski definition) is 3. The highest BCUT2D eigenvalue weighted by atomic mass is 16.4. The molecular weight excluding hydrogens is 220 g/mol. The summed E-state index contributed by atoms with van der Waals surface area (Å²) in [6, 6.07) is -0.386. The van der Waals surface area contributed by atoms with Crippen molar-refractivity contribution in [2.24, 2.45) is 5.73 Å². The molecule has 0 aromatic carbocycles. The Balaban J connectivity index is 4.09. The molecule has 2 atom stereocenters. The summed E-state index contributed by atoms with van der Waals surface area (Å²) in [5, 5.41) is 8.95. The van der Waals surface area contributed by atoms with Crippen LogP contribution in [0.2, 0.25) is 0 Å². The van der Waals surface area contributed by atoms with Crippen molar-refractivity contribution in [1.29, 1.82) is 0 Å². The van der Waals surface area contributed by atoms with Gasteiger partial charge >= 0.3 is 6.09 Å². The lowest BCUT2D eigenvalue weighted by Crippen LogP contribution is -2.36. The van der Waals surface area contributed by atoms with Gasteiger partial charge in [-0.2, -0.15) is 0 Å². The quantitative estimate of drug-likeness (QED) is 0.606. The average Bonchev–Trinajstić information content (AvgIpc) is 2.32. The molecule has 0 saturated carbocycles. The largest absolute Gasteiger partial charge is 0.465 e. The van der Waals surface area contributed by atoms with Crippen LogP contribution in [0.15, 0.2) is 0 Å². The van der Waals surface area contributed by atoms with E-state index in [1.807, 2.05) is 0 Å². The first-order chi connectivity index (χ1) is 8.02. The molecule has 0 aliphatic carbocycles. The highest BCUT2D eigenvalue weighted by Crippen LogP contribution is 2.15. The zero-order chi connectivity index (χ0) is 13.3. The molecule has 0 aromatic rings. The number of nitrogens with two attached hydrogens (primary N) is 1. The van der Waals surface area contributed by atoms with Crippen LogP contribution in [0.5, 0.6) is 0 Å². The molecule has 0 rings (SSSR count). The lowest BCUT2D eigenvalue weighted by molar-refractivity contribution is -0.109. The average molecular weight is 244 g/mol. The number of carbonyl (C=O) groups excluding carboxylic acids is 1. The summed E-state index contributed by atoms with van der Waals surface area (Å²) >= 11 is 0. The minimum atomic E-state index is -0.897. The summed E-state index contributed by atoms with van der Waals surface area (Å²) < 4.78 is 0. The van der Waals surface area contributed by atoms with E-state index < -0.39 is 12.1 Å². The van der Waals surface area contributed by atoms with E-state index in [9.17, 15) is 9.59 Å². The zero-order valence-corrected chi connectivity index (χ0v) is 10.8. The maximum atomic E-state index is 10.9. The third kappa shape index (κ3) is 6.94. The van der Waals surface area contributed by atoms with E-state index in [2.05, 4.69) is 6.92 Å². The molecule has 5 heteroatoms. The number of hydrogen-bond donors (Lipinski definition) is 2. The first-order valence-electron chi connectivity index (χ1n) is 6.19. The van der Waals surface area contributed by atoms with Gasteiger partial charge in [-0.15, -0.1) is 0 Å². The van der Waals surface area contributed by atoms with E-state index in [0.717, 1.165) is 38.4 Å². The van der Waals surface area contributed by atoms with E-state index in [4.69, 9.17) is 10.8 Å². The van der Waals surface area contributed by atoms with Crippen molar-refractivity contribution in [1.82, 2.24) is 4.90 Å². The number of unbranched alkanes of at least 4 members (excludes halogenated alkanes) is 1. The van der Waals surface area contributed by atoms with Crippen molar-refractivity contribution in [3.63, 3.8) is 0 Å². The minimum Gasteiger partial charge on any atom is -0.465 e. The molecule has 0 aliphatic rings. The smallest absolute Gasteiger partial charge is 0.407 e. The van der Waals surface area contributed by atoms with Gasteiger partial charge in [0, 0.05) is 13.1 Å². The van der Waals surface area contributed by atoms with Crippen LogP contribution >= 0.6 is 0 Å².